The SMILES string of the molecule is CCOC(C1CC1)C(O)C1CCCc2cccnc21. The van der Waals surface area contributed by atoms with Crippen LogP contribution >= 0.6 is 0 Å². The number of hydrogen-bond donors (Lipinski definition) is 1. The van der Waals surface area contributed by atoms with E-state index in [4.69, 9.17) is 4.74 Å². The van der Waals surface area contributed by atoms with Crippen molar-refractivity contribution >= 4 is 0 Å². The van der Waals surface area contributed by atoms with Crippen LogP contribution in [0, 0.1) is 5.92 Å². The molecule has 1 aromatic heterocycles. The first-order chi connectivity index (χ1) is 9.31. The molecule has 1 saturated carbocycles. The summed E-state index contributed by atoms with van der Waals surface area (Å²) in [6.07, 6.45) is 7.11. The second-order valence-corrected chi connectivity index (χ2v) is 5.79. The smallest absolute Gasteiger partial charge is 0.0888 e. The Morgan fingerprint density at radius 1 is 1.42 bits per heavy atom. The third-order valence-electron chi connectivity index (χ3n) is 4.43. The monoisotopic (exact) mass is 261 g/mol. The van der Waals surface area contributed by atoms with Gasteiger partial charge in [0.1, 0.15) is 0 Å². The minimum atomic E-state index is -0.401. The average Bonchev–Trinajstić information content (AvgIpc) is 3.28. The summed E-state index contributed by atoms with van der Waals surface area (Å²) >= 11 is 0. The van der Waals surface area contributed by atoms with E-state index in [1.807, 2.05) is 19.2 Å². The predicted octanol–water partition coefficient (Wildman–Crippen LogP) is 2.68. The Morgan fingerprint density at radius 2 is 2.26 bits per heavy atom. The maximum absolute atomic E-state index is 10.8. The normalized spacial score (nSPS) is 25.7. The summed E-state index contributed by atoms with van der Waals surface area (Å²) in [6.45, 7) is 2.69. The molecule has 3 unspecified atom stereocenters. The second kappa shape index (κ2) is 5.59. The minimum absolute atomic E-state index is 0.00274. The summed E-state index contributed by atoms with van der Waals surface area (Å²) in [7, 11) is 0. The summed E-state index contributed by atoms with van der Waals surface area (Å²) in [5.74, 6) is 0.714. The summed E-state index contributed by atoms with van der Waals surface area (Å²) in [5, 5.41) is 10.8. The van der Waals surface area contributed by atoms with E-state index >= 15 is 0 Å². The molecule has 2 aliphatic carbocycles. The van der Waals surface area contributed by atoms with Crippen LogP contribution in [0.4, 0.5) is 0 Å². The van der Waals surface area contributed by atoms with Gasteiger partial charge in [-0.1, -0.05) is 6.07 Å². The lowest BCUT2D eigenvalue weighted by Crippen LogP contribution is -2.38. The van der Waals surface area contributed by atoms with Gasteiger partial charge in [-0.3, -0.25) is 4.98 Å². The molecule has 0 aromatic carbocycles. The number of aryl methyl sites for hydroxylation is 1. The van der Waals surface area contributed by atoms with Crippen molar-refractivity contribution in [3.63, 3.8) is 0 Å². The van der Waals surface area contributed by atoms with Crippen LogP contribution in [0.1, 0.15) is 49.8 Å². The molecule has 0 saturated heterocycles. The highest BCUT2D eigenvalue weighted by atomic mass is 16.5. The third kappa shape index (κ3) is 2.67. The molecular formula is C16H23NO2. The van der Waals surface area contributed by atoms with Crippen LogP contribution in [0.25, 0.3) is 0 Å². The van der Waals surface area contributed by atoms with Crippen LogP contribution < -0.4 is 0 Å². The number of aliphatic hydroxyl groups excluding tert-OH is 1. The fourth-order valence-corrected chi connectivity index (χ4v) is 3.34. The molecule has 1 heterocycles. The van der Waals surface area contributed by atoms with E-state index in [9.17, 15) is 5.11 Å². The van der Waals surface area contributed by atoms with Gasteiger partial charge in [0.15, 0.2) is 0 Å². The lowest BCUT2D eigenvalue weighted by atomic mass is 9.80. The molecule has 0 bridgehead atoms. The highest BCUT2D eigenvalue weighted by molar-refractivity contribution is 5.27. The highest BCUT2D eigenvalue weighted by Gasteiger charge is 2.41. The van der Waals surface area contributed by atoms with Crippen molar-refractivity contribution < 1.29 is 9.84 Å². The topological polar surface area (TPSA) is 42.4 Å². The zero-order chi connectivity index (χ0) is 13.2. The zero-order valence-corrected chi connectivity index (χ0v) is 11.6. The average molecular weight is 261 g/mol. The minimum Gasteiger partial charge on any atom is -0.390 e. The van der Waals surface area contributed by atoms with Crippen molar-refractivity contribution in [1.82, 2.24) is 4.98 Å². The molecule has 1 fully saturated rings. The highest BCUT2D eigenvalue weighted by Crippen LogP contribution is 2.41. The molecule has 104 valence electrons. The Labute approximate surface area is 115 Å². The van der Waals surface area contributed by atoms with Gasteiger partial charge in [-0.2, -0.15) is 0 Å². The van der Waals surface area contributed by atoms with Gasteiger partial charge in [-0.15, -0.1) is 0 Å². The summed E-state index contributed by atoms with van der Waals surface area (Å²) in [6, 6.07) is 4.14. The Balaban J connectivity index is 1.81. The van der Waals surface area contributed by atoms with Gasteiger partial charge in [-0.05, 0) is 56.6 Å². The fourth-order valence-electron chi connectivity index (χ4n) is 3.34. The van der Waals surface area contributed by atoms with E-state index < -0.39 is 6.10 Å². The van der Waals surface area contributed by atoms with Gasteiger partial charge in [0.05, 0.1) is 12.2 Å². The van der Waals surface area contributed by atoms with E-state index in [1.54, 1.807) is 0 Å². The van der Waals surface area contributed by atoms with E-state index in [2.05, 4.69) is 11.1 Å². The number of nitrogens with zero attached hydrogens (tertiary/aromatic N) is 1. The van der Waals surface area contributed by atoms with Crippen molar-refractivity contribution in [3.05, 3.63) is 29.6 Å². The zero-order valence-electron chi connectivity index (χ0n) is 11.6. The molecule has 0 amide bonds. The fraction of sp³-hybridized carbons (Fsp3) is 0.688. The van der Waals surface area contributed by atoms with Gasteiger partial charge in [0, 0.05) is 24.4 Å². The molecule has 1 aromatic rings. The first-order valence-electron chi connectivity index (χ1n) is 7.54. The first-order valence-corrected chi connectivity index (χ1v) is 7.54. The summed E-state index contributed by atoms with van der Waals surface area (Å²) in [5.41, 5.74) is 2.41. The number of aliphatic hydroxyl groups is 1. The maximum Gasteiger partial charge on any atom is 0.0888 e. The van der Waals surface area contributed by atoms with E-state index in [0.717, 1.165) is 25.0 Å². The molecule has 3 rings (SSSR count). The van der Waals surface area contributed by atoms with Crippen LogP contribution in [0.5, 0.6) is 0 Å². The largest absolute Gasteiger partial charge is 0.390 e. The van der Waals surface area contributed by atoms with Crippen molar-refractivity contribution in [1.29, 1.82) is 0 Å². The molecular weight excluding hydrogens is 238 g/mol. The number of fused-ring (bicyclic) bond motifs is 1. The Hall–Kier alpha value is -0.930. The number of hydrogen-bond acceptors (Lipinski definition) is 3. The van der Waals surface area contributed by atoms with Crippen LogP contribution in [0.2, 0.25) is 0 Å². The molecule has 3 atom stereocenters. The van der Waals surface area contributed by atoms with Crippen LogP contribution in [0.3, 0.4) is 0 Å². The number of pyridine rings is 1. The lowest BCUT2D eigenvalue weighted by Gasteiger charge is -2.33. The molecule has 3 heteroatoms. The molecule has 2 aliphatic rings. The predicted molar refractivity (Wildman–Crippen MR) is 74.1 cm³/mol. The van der Waals surface area contributed by atoms with E-state index in [0.29, 0.717) is 12.5 Å². The number of aromatic nitrogens is 1. The van der Waals surface area contributed by atoms with Gasteiger partial charge in [0.2, 0.25) is 0 Å². The van der Waals surface area contributed by atoms with Crippen molar-refractivity contribution in [2.45, 2.75) is 57.2 Å². The van der Waals surface area contributed by atoms with Gasteiger partial charge in [-0.25, -0.2) is 0 Å². The van der Waals surface area contributed by atoms with Gasteiger partial charge < -0.3 is 9.84 Å². The quantitative estimate of drug-likeness (QED) is 0.886. The van der Waals surface area contributed by atoms with E-state index in [-0.39, 0.29) is 12.0 Å². The number of rotatable bonds is 5. The number of ether oxygens (including phenoxy) is 1. The van der Waals surface area contributed by atoms with Gasteiger partial charge in [0.25, 0.3) is 0 Å². The maximum atomic E-state index is 10.8. The molecule has 0 radical (unpaired) electrons. The summed E-state index contributed by atoms with van der Waals surface area (Å²) in [4.78, 5) is 4.53. The van der Waals surface area contributed by atoms with Crippen LogP contribution in [0.15, 0.2) is 18.3 Å². The molecule has 1 N–H and O–H groups in total. The van der Waals surface area contributed by atoms with Crippen molar-refractivity contribution in [2.75, 3.05) is 6.61 Å². The molecule has 3 nitrogen and oxygen atoms in total. The molecule has 0 aliphatic heterocycles. The Bertz CT molecular complexity index is 431. The molecule has 19 heavy (non-hydrogen) atoms. The standard InChI is InChI=1S/C16H23NO2/c1-2-19-16(12-8-9-12)15(18)13-7-3-5-11-6-4-10-17-14(11)13/h4,6,10,12-13,15-16,18H,2-3,5,7-9H2,1H3. The Morgan fingerprint density at radius 3 is 3.00 bits per heavy atom. The first kappa shape index (κ1) is 13.1. The van der Waals surface area contributed by atoms with E-state index in [1.165, 1.54) is 18.4 Å². The van der Waals surface area contributed by atoms with Crippen molar-refractivity contribution in [2.24, 2.45) is 5.92 Å². The van der Waals surface area contributed by atoms with Crippen molar-refractivity contribution in [3.8, 4) is 0 Å². The van der Waals surface area contributed by atoms with Crippen LogP contribution in [-0.4, -0.2) is 28.9 Å². The van der Waals surface area contributed by atoms with Crippen LogP contribution in [-0.2, 0) is 11.2 Å². The Kier molecular flexibility index (Phi) is 3.85. The second-order valence-electron chi connectivity index (χ2n) is 5.79. The third-order valence-corrected chi connectivity index (χ3v) is 4.43. The molecule has 0 spiro atoms. The van der Waals surface area contributed by atoms with Gasteiger partial charge >= 0.3 is 0 Å². The summed E-state index contributed by atoms with van der Waals surface area (Å²) < 4.78 is 5.82. The lowest BCUT2D eigenvalue weighted by molar-refractivity contribution is -0.0581.